The van der Waals surface area contributed by atoms with Crippen LogP contribution in [0.3, 0.4) is 0 Å². The van der Waals surface area contributed by atoms with Crippen LogP contribution < -0.4 is 0 Å². The van der Waals surface area contributed by atoms with Crippen molar-refractivity contribution in [2.45, 2.75) is 169 Å². The summed E-state index contributed by atoms with van der Waals surface area (Å²) in [4.78, 5) is 0. The minimum atomic E-state index is -4.03. The van der Waals surface area contributed by atoms with Crippen molar-refractivity contribution in [3.8, 4) is 0 Å². The summed E-state index contributed by atoms with van der Waals surface area (Å²) in [7, 11) is -4.06. The summed E-state index contributed by atoms with van der Waals surface area (Å²) in [5, 5.41) is 0. The zero-order valence-electron chi connectivity index (χ0n) is 24.2. The van der Waals surface area contributed by atoms with Gasteiger partial charge in [-0.1, -0.05) is 0 Å². The fourth-order valence-electron chi connectivity index (χ4n) is 5.12. The summed E-state index contributed by atoms with van der Waals surface area (Å²) in [6.45, 7) is 22.6. The van der Waals surface area contributed by atoms with E-state index in [1.54, 1.807) is 0 Å². The van der Waals surface area contributed by atoms with Crippen LogP contribution in [0, 0.1) is 0 Å². The monoisotopic (exact) mass is 540 g/mol. The maximum absolute atomic E-state index is 7.48. The fourth-order valence-corrected chi connectivity index (χ4v) is 25.6. The Labute approximate surface area is 215 Å². The second-order valence-corrected chi connectivity index (χ2v) is 22.6. The molecular weight excluding hydrogens is 480 g/mol. The molecule has 0 aromatic carbocycles. The molecule has 0 saturated heterocycles. The Balaban J connectivity index is 6.69. The Morgan fingerprint density at radius 1 is 0.485 bits per heavy atom. The van der Waals surface area contributed by atoms with Crippen molar-refractivity contribution in [2.24, 2.45) is 0 Å². The van der Waals surface area contributed by atoms with Gasteiger partial charge >= 0.3 is 217 Å². The molecule has 0 aliphatic rings. The summed E-state index contributed by atoms with van der Waals surface area (Å²) in [6, 6.07) is 7.10. The fraction of sp³-hybridized carbons (Fsp3) is 1.00. The van der Waals surface area contributed by atoms with Gasteiger partial charge in [-0.05, 0) is 0 Å². The first-order valence-corrected chi connectivity index (χ1v) is 22.1. The van der Waals surface area contributed by atoms with Crippen molar-refractivity contribution in [1.82, 2.24) is 0 Å². The van der Waals surface area contributed by atoms with E-state index in [-0.39, 0.29) is 12.2 Å². The quantitative estimate of drug-likeness (QED) is 0.128. The van der Waals surface area contributed by atoms with Crippen molar-refractivity contribution in [2.75, 3.05) is 0 Å². The standard InChI is InChI=1S/2C9H21OSi.2C4H9O.Ti/c2*1-4-7-11(10,8-5-2)9-6-3;2*1-3-4(2)5;/h2*4-9H2,1-3H3;2*4H,3H2,1-2H3;/q4*-1;+4. The van der Waals surface area contributed by atoms with Gasteiger partial charge in [-0.25, -0.2) is 0 Å². The zero-order chi connectivity index (χ0) is 25.4. The zero-order valence-corrected chi connectivity index (χ0v) is 27.7. The van der Waals surface area contributed by atoms with E-state index in [9.17, 15) is 0 Å². The molecule has 200 valence electrons. The van der Waals surface area contributed by atoms with Gasteiger partial charge in [0.05, 0.1) is 0 Å². The topological polar surface area (TPSA) is 36.9 Å². The predicted octanol–water partition coefficient (Wildman–Crippen LogP) is 9.81. The van der Waals surface area contributed by atoms with Crippen LogP contribution in [0.25, 0.3) is 0 Å². The van der Waals surface area contributed by atoms with Crippen LogP contribution in [-0.2, 0) is 30.8 Å². The van der Waals surface area contributed by atoms with Gasteiger partial charge < -0.3 is 0 Å². The molecule has 0 N–H and O–H groups in total. The molecule has 0 bridgehead atoms. The molecule has 0 heterocycles. The Morgan fingerprint density at radius 2 is 0.727 bits per heavy atom. The van der Waals surface area contributed by atoms with Crippen molar-refractivity contribution >= 4 is 16.6 Å². The maximum atomic E-state index is 7.48. The van der Waals surface area contributed by atoms with E-state index in [0.29, 0.717) is 0 Å². The van der Waals surface area contributed by atoms with Crippen molar-refractivity contribution in [3.63, 3.8) is 0 Å². The molecule has 0 aromatic rings. The van der Waals surface area contributed by atoms with Gasteiger partial charge in [0.1, 0.15) is 0 Å². The van der Waals surface area contributed by atoms with E-state index in [2.05, 4.69) is 69.2 Å². The Hall–Kier alpha value is 0.988. The minimum absolute atomic E-state index is 0.0993. The third kappa shape index (κ3) is 12.2. The van der Waals surface area contributed by atoms with E-state index in [1.807, 2.05) is 0 Å². The number of hydrogen-bond donors (Lipinski definition) is 0. The predicted molar refractivity (Wildman–Crippen MR) is 146 cm³/mol. The van der Waals surface area contributed by atoms with Gasteiger partial charge in [0.25, 0.3) is 0 Å². The summed E-state index contributed by atoms with van der Waals surface area (Å²) in [6.07, 6.45) is 9.10. The van der Waals surface area contributed by atoms with E-state index in [0.717, 1.165) is 12.8 Å². The Morgan fingerprint density at radius 3 is 0.909 bits per heavy atom. The van der Waals surface area contributed by atoms with E-state index < -0.39 is 34.8 Å². The van der Waals surface area contributed by atoms with Crippen molar-refractivity contribution in [1.29, 1.82) is 0 Å². The Kier molecular flexibility index (Phi) is 18.8. The van der Waals surface area contributed by atoms with Crippen molar-refractivity contribution < 1.29 is 30.8 Å². The molecule has 0 rings (SSSR count). The van der Waals surface area contributed by atoms with Gasteiger partial charge in [-0.2, -0.15) is 0 Å². The second-order valence-electron chi connectivity index (χ2n) is 10.2. The SMILES string of the molecule is CCC[Si](CCC)(CCC)[O][Ti]([O]C(C)CC)([O]C(C)CC)[O][Si](CCC)(CCC)CCC. The first-order chi connectivity index (χ1) is 15.7. The van der Waals surface area contributed by atoms with Gasteiger partial charge in [-0.15, -0.1) is 0 Å². The molecule has 0 spiro atoms. The van der Waals surface area contributed by atoms with Crippen LogP contribution in [-0.4, -0.2) is 28.8 Å². The molecule has 0 aliphatic heterocycles. The molecule has 33 heavy (non-hydrogen) atoms. The normalized spacial score (nSPS) is 15.1. The molecule has 0 amide bonds. The molecule has 0 aliphatic carbocycles. The van der Waals surface area contributed by atoms with Crippen LogP contribution in [0.5, 0.6) is 0 Å². The first kappa shape index (κ1) is 34.0. The number of rotatable bonds is 22. The van der Waals surface area contributed by atoms with Crippen LogP contribution >= 0.6 is 0 Å². The van der Waals surface area contributed by atoms with Crippen LogP contribution in [0.15, 0.2) is 0 Å². The van der Waals surface area contributed by atoms with Gasteiger partial charge in [0.2, 0.25) is 0 Å². The Bertz CT molecular complexity index is 405. The summed E-state index contributed by atoms with van der Waals surface area (Å²) in [5.74, 6) is 0. The summed E-state index contributed by atoms with van der Waals surface area (Å²) in [5.41, 5.74) is 0. The van der Waals surface area contributed by atoms with Crippen LogP contribution in [0.2, 0.25) is 36.3 Å². The van der Waals surface area contributed by atoms with Gasteiger partial charge in [-0.3, -0.25) is 0 Å². The summed E-state index contributed by atoms with van der Waals surface area (Å²) < 4.78 is 28.8. The molecule has 2 atom stereocenters. The molecule has 0 fully saturated rings. The molecule has 0 saturated carbocycles. The molecule has 2 unspecified atom stereocenters. The molecule has 0 aromatic heterocycles. The van der Waals surface area contributed by atoms with Gasteiger partial charge in [0, 0.05) is 0 Å². The van der Waals surface area contributed by atoms with Gasteiger partial charge in [0.15, 0.2) is 0 Å². The first-order valence-electron chi connectivity index (χ1n) is 14.4. The van der Waals surface area contributed by atoms with E-state index in [4.69, 9.17) is 12.7 Å². The summed E-state index contributed by atoms with van der Waals surface area (Å²) >= 11 is -4.03. The second kappa shape index (κ2) is 18.3. The van der Waals surface area contributed by atoms with E-state index >= 15 is 0 Å². The third-order valence-corrected chi connectivity index (χ3v) is 25.1. The average Bonchev–Trinajstić information content (AvgIpc) is 2.74. The van der Waals surface area contributed by atoms with Crippen LogP contribution in [0.4, 0.5) is 0 Å². The third-order valence-electron chi connectivity index (χ3n) is 6.76. The molecule has 7 heteroatoms. The van der Waals surface area contributed by atoms with Crippen LogP contribution in [0.1, 0.15) is 121 Å². The van der Waals surface area contributed by atoms with Crippen molar-refractivity contribution in [3.05, 3.63) is 0 Å². The molecular formula is C26H60O4Si2Ti. The number of hydrogen-bond acceptors (Lipinski definition) is 4. The molecule has 0 radical (unpaired) electrons. The average molecular weight is 541 g/mol. The van der Waals surface area contributed by atoms with E-state index in [1.165, 1.54) is 74.8 Å². The molecule has 4 nitrogen and oxygen atoms in total.